The number of hydrogen-bond donors (Lipinski definition) is 2. The molecule has 3 heteroatoms. The maximum atomic E-state index is 10.0. The van der Waals surface area contributed by atoms with Crippen LogP contribution in [-0.4, -0.2) is 17.8 Å². The molecule has 0 saturated heterocycles. The van der Waals surface area contributed by atoms with Crippen molar-refractivity contribution in [2.45, 2.75) is 25.5 Å². The van der Waals surface area contributed by atoms with Crippen molar-refractivity contribution in [2.24, 2.45) is 5.73 Å². The summed E-state index contributed by atoms with van der Waals surface area (Å²) in [7, 11) is 0. The van der Waals surface area contributed by atoms with Crippen molar-refractivity contribution in [1.82, 2.24) is 0 Å². The normalized spacial score (nSPS) is 13.8. The summed E-state index contributed by atoms with van der Waals surface area (Å²) in [5.74, 6) is 0.758. The number of rotatable bonds is 6. The molecule has 0 aromatic heterocycles. The first-order chi connectivity index (χ1) is 9.65. The number of benzene rings is 2. The number of hydrogen-bond acceptors (Lipinski definition) is 3. The fourth-order valence-corrected chi connectivity index (χ4v) is 2.04. The molecule has 20 heavy (non-hydrogen) atoms. The molecule has 0 bridgehead atoms. The SMILES string of the molecule is CC(N)Cc1ccc(OCC(O)c2ccccc2)cc1. The van der Waals surface area contributed by atoms with Crippen molar-refractivity contribution in [3.05, 3.63) is 65.7 Å². The summed E-state index contributed by atoms with van der Waals surface area (Å²) in [5.41, 5.74) is 7.81. The van der Waals surface area contributed by atoms with Gasteiger partial charge in [0, 0.05) is 6.04 Å². The van der Waals surface area contributed by atoms with Gasteiger partial charge in [-0.1, -0.05) is 42.5 Å². The predicted molar refractivity (Wildman–Crippen MR) is 80.7 cm³/mol. The second-order valence-corrected chi connectivity index (χ2v) is 5.06. The van der Waals surface area contributed by atoms with Gasteiger partial charge >= 0.3 is 0 Å². The molecule has 0 radical (unpaired) electrons. The lowest BCUT2D eigenvalue weighted by Crippen LogP contribution is -2.17. The molecule has 0 aliphatic carbocycles. The molecule has 2 aromatic rings. The average Bonchev–Trinajstić information content (AvgIpc) is 2.46. The Hall–Kier alpha value is -1.84. The molecule has 106 valence electrons. The van der Waals surface area contributed by atoms with Gasteiger partial charge in [-0.15, -0.1) is 0 Å². The van der Waals surface area contributed by atoms with Crippen LogP contribution in [0.15, 0.2) is 54.6 Å². The maximum absolute atomic E-state index is 10.0. The Bertz CT molecular complexity index is 508. The molecular formula is C17H21NO2. The van der Waals surface area contributed by atoms with Crippen LogP contribution >= 0.6 is 0 Å². The van der Waals surface area contributed by atoms with Crippen LogP contribution in [0.4, 0.5) is 0 Å². The summed E-state index contributed by atoms with van der Waals surface area (Å²) >= 11 is 0. The molecule has 3 N–H and O–H groups in total. The van der Waals surface area contributed by atoms with E-state index in [9.17, 15) is 5.11 Å². The summed E-state index contributed by atoms with van der Waals surface area (Å²) in [6, 6.07) is 17.5. The Balaban J connectivity index is 1.88. The highest BCUT2D eigenvalue weighted by atomic mass is 16.5. The largest absolute Gasteiger partial charge is 0.491 e. The van der Waals surface area contributed by atoms with Crippen LogP contribution in [0.2, 0.25) is 0 Å². The van der Waals surface area contributed by atoms with Crippen molar-refractivity contribution in [3.63, 3.8) is 0 Å². The Kier molecular flexibility index (Phi) is 5.16. The van der Waals surface area contributed by atoms with Crippen molar-refractivity contribution in [3.8, 4) is 5.75 Å². The quantitative estimate of drug-likeness (QED) is 0.849. The Morgan fingerprint density at radius 2 is 1.70 bits per heavy atom. The molecule has 3 nitrogen and oxygen atoms in total. The van der Waals surface area contributed by atoms with Gasteiger partial charge in [0.05, 0.1) is 0 Å². The summed E-state index contributed by atoms with van der Waals surface area (Å²) < 4.78 is 5.60. The standard InChI is InChI=1S/C17H21NO2/c1-13(18)11-14-7-9-16(10-8-14)20-12-17(19)15-5-3-2-4-6-15/h2-10,13,17,19H,11-12,18H2,1H3. The topological polar surface area (TPSA) is 55.5 Å². The summed E-state index contributed by atoms with van der Waals surface area (Å²) in [4.78, 5) is 0. The molecule has 2 atom stereocenters. The van der Waals surface area contributed by atoms with Gasteiger partial charge < -0.3 is 15.6 Å². The Labute approximate surface area is 120 Å². The van der Waals surface area contributed by atoms with Crippen LogP contribution in [0.1, 0.15) is 24.2 Å². The Morgan fingerprint density at radius 3 is 2.30 bits per heavy atom. The predicted octanol–water partition coefficient (Wildman–Crippen LogP) is 2.69. The van der Waals surface area contributed by atoms with E-state index in [1.165, 1.54) is 5.56 Å². The molecule has 0 aliphatic rings. The lowest BCUT2D eigenvalue weighted by molar-refractivity contribution is 0.108. The van der Waals surface area contributed by atoms with Crippen LogP contribution in [0.3, 0.4) is 0 Å². The zero-order valence-corrected chi connectivity index (χ0v) is 11.7. The highest BCUT2D eigenvalue weighted by Gasteiger charge is 2.07. The van der Waals surface area contributed by atoms with Crippen LogP contribution in [0.5, 0.6) is 5.75 Å². The highest BCUT2D eigenvalue weighted by Crippen LogP contribution is 2.17. The molecule has 0 amide bonds. The number of ether oxygens (including phenoxy) is 1. The van der Waals surface area contributed by atoms with Crippen LogP contribution < -0.4 is 10.5 Å². The highest BCUT2D eigenvalue weighted by molar-refractivity contribution is 5.28. The van der Waals surface area contributed by atoms with E-state index in [2.05, 4.69) is 0 Å². The van der Waals surface area contributed by atoms with E-state index in [0.717, 1.165) is 17.7 Å². The Morgan fingerprint density at radius 1 is 1.05 bits per heavy atom. The molecule has 2 aromatic carbocycles. The van der Waals surface area contributed by atoms with Crippen molar-refractivity contribution >= 4 is 0 Å². The monoisotopic (exact) mass is 271 g/mol. The van der Waals surface area contributed by atoms with E-state index in [1.807, 2.05) is 61.5 Å². The van der Waals surface area contributed by atoms with Crippen molar-refractivity contribution < 1.29 is 9.84 Å². The zero-order chi connectivity index (χ0) is 14.4. The van der Waals surface area contributed by atoms with E-state index < -0.39 is 6.10 Å². The van der Waals surface area contributed by atoms with Gasteiger partial charge in [-0.25, -0.2) is 0 Å². The third-order valence-electron chi connectivity index (χ3n) is 3.07. The van der Waals surface area contributed by atoms with Gasteiger partial charge in [0.15, 0.2) is 0 Å². The van der Waals surface area contributed by atoms with Gasteiger partial charge in [0.25, 0.3) is 0 Å². The molecule has 0 heterocycles. The first-order valence-electron chi connectivity index (χ1n) is 6.85. The maximum Gasteiger partial charge on any atom is 0.119 e. The summed E-state index contributed by atoms with van der Waals surface area (Å²) in [6.45, 7) is 2.23. The number of aliphatic hydroxyl groups excluding tert-OH is 1. The molecule has 2 unspecified atom stereocenters. The van der Waals surface area contributed by atoms with Gasteiger partial charge in [0.2, 0.25) is 0 Å². The lowest BCUT2D eigenvalue weighted by atomic mass is 10.1. The minimum atomic E-state index is -0.611. The van der Waals surface area contributed by atoms with Crippen LogP contribution in [0.25, 0.3) is 0 Å². The van der Waals surface area contributed by atoms with Crippen molar-refractivity contribution in [2.75, 3.05) is 6.61 Å². The molecule has 0 fully saturated rings. The van der Waals surface area contributed by atoms with Crippen LogP contribution in [-0.2, 0) is 6.42 Å². The average molecular weight is 271 g/mol. The second kappa shape index (κ2) is 7.08. The molecule has 0 spiro atoms. The third kappa shape index (κ3) is 4.37. The molecule has 0 saturated carbocycles. The number of aliphatic hydroxyl groups is 1. The van der Waals surface area contributed by atoms with Gasteiger partial charge in [-0.2, -0.15) is 0 Å². The molecule has 0 aliphatic heterocycles. The smallest absolute Gasteiger partial charge is 0.119 e. The van der Waals surface area contributed by atoms with E-state index in [1.54, 1.807) is 0 Å². The van der Waals surface area contributed by atoms with Crippen LogP contribution in [0, 0.1) is 0 Å². The first-order valence-corrected chi connectivity index (χ1v) is 6.85. The fourth-order valence-electron chi connectivity index (χ4n) is 2.04. The zero-order valence-electron chi connectivity index (χ0n) is 11.7. The minimum Gasteiger partial charge on any atom is -0.491 e. The fraction of sp³-hybridized carbons (Fsp3) is 0.294. The second-order valence-electron chi connectivity index (χ2n) is 5.06. The van der Waals surface area contributed by atoms with Gasteiger partial charge in [-0.3, -0.25) is 0 Å². The van der Waals surface area contributed by atoms with Gasteiger partial charge in [-0.05, 0) is 36.6 Å². The third-order valence-corrected chi connectivity index (χ3v) is 3.07. The minimum absolute atomic E-state index is 0.154. The summed E-state index contributed by atoms with van der Waals surface area (Å²) in [6.07, 6.45) is 0.243. The summed E-state index contributed by atoms with van der Waals surface area (Å²) in [5, 5.41) is 10.0. The van der Waals surface area contributed by atoms with E-state index >= 15 is 0 Å². The first kappa shape index (κ1) is 14.6. The van der Waals surface area contributed by atoms with E-state index in [4.69, 9.17) is 10.5 Å². The molecule has 2 rings (SSSR count). The lowest BCUT2D eigenvalue weighted by Gasteiger charge is -2.13. The number of nitrogens with two attached hydrogens (primary N) is 1. The van der Waals surface area contributed by atoms with E-state index in [0.29, 0.717) is 0 Å². The molecular weight excluding hydrogens is 250 g/mol. The van der Waals surface area contributed by atoms with E-state index in [-0.39, 0.29) is 12.6 Å². The van der Waals surface area contributed by atoms with Gasteiger partial charge in [0.1, 0.15) is 18.5 Å². The van der Waals surface area contributed by atoms with Crippen molar-refractivity contribution in [1.29, 1.82) is 0 Å².